The number of aromatic nitrogens is 2. The summed E-state index contributed by atoms with van der Waals surface area (Å²) >= 11 is 0. The molecular weight excluding hydrogens is 254 g/mol. The maximum Gasteiger partial charge on any atom is 0.101 e. The second-order valence-electron chi connectivity index (χ2n) is 4.29. The molecule has 100 valence electrons. The van der Waals surface area contributed by atoms with Crippen molar-refractivity contribution in [1.29, 1.82) is 5.26 Å². The quantitative estimate of drug-likeness (QED) is 0.616. The van der Waals surface area contributed by atoms with Crippen LogP contribution in [0.5, 0.6) is 0 Å². The summed E-state index contributed by atoms with van der Waals surface area (Å²) in [6.07, 6.45) is 1.30. The molecule has 0 aliphatic heterocycles. The standard InChI is InChI=1S/C15H13N3O2/c1-10-14(8-12(9-16)15(19)20)11(2)18(17-10)13-6-4-3-5-7-13/h3-8H,1-2H3,(H,19,20)/p-1/b12-8+. The summed E-state index contributed by atoms with van der Waals surface area (Å²) in [5.74, 6) is -1.49. The number of aryl methyl sites for hydroxylation is 1. The van der Waals surface area contributed by atoms with E-state index in [1.54, 1.807) is 17.7 Å². The van der Waals surface area contributed by atoms with Crippen LogP contribution in [0.3, 0.4) is 0 Å². The lowest BCUT2D eigenvalue weighted by Crippen LogP contribution is -2.23. The van der Waals surface area contributed by atoms with Crippen molar-refractivity contribution in [3.05, 3.63) is 52.9 Å². The molecule has 0 radical (unpaired) electrons. The summed E-state index contributed by atoms with van der Waals surface area (Å²) in [5, 5.41) is 24.0. The van der Waals surface area contributed by atoms with Crippen LogP contribution < -0.4 is 5.11 Å². The molecule has 0 saturated carbocycles. The number of aliphatic carboxylic acids is 1. The minimum atomic E-state index is -1.49. The number of carbonyl (C=O) groups is 1. The van der Waals surface area contributed by atoms with Crippen molar-refractivity contribution in [3.63, 3.8) is 0 Å². The molecule has 20 heavy (non-hydrogen) atoms. The van der Waals surface area contributed by atoms with Crippen LogP contribution in [0.4, 0.5) is 0 Å². The Morgan fingerprint density at radius 3 is 2.55 bits per heavy atom. The van der Waals surface area contributed by atoms with Gasteiger partial charge in [0.05, 0.1) is 22.9 Å². The largest absolute Gasteiger partial charge is 0.544 e. The van der Waals surface area contributed by atoms with E-state index in [0.29, 0.717) is 11.3 Å². The molecule has 0 aliphatic rings. The fraction of sp³-hybridized carbons (Fsp3) is 0.133. The number of hydrogen-bond donors (Lipinski definition) is 0. The highest BCUT2D eigenvalue weighted by molar-refractivity contribution is 5.95. The van der Waals surface area contributed by atoms with E-state index in [4.69, 9.17) is 5.26 Å². The average molecular weight is 266 g/mol. The van der Waals surface area contributed by atoms with Gasteiger partial charge in [-0.2, -0.15) is 10.4 Å². The molecular formula is C15H12N3O2-. The van der Waals surface area contributed by atoms with Gasteiger partial charge < -0.3 is 9.90 Å². The van der Waals surface area contributed by atoms with Crippen molar-refractivity contribution in [2.45, 2.75) is 13.8 Å². The van der Waals surface area contributed by atoms with Crippen molar-refractivity contribution < 1.29 is 9.90 Å². The van der Waals surface area contributed by atoms with E-state index in [-0.39, 0.29) is 0 Å². The van der Waals surface area contributed by atoms with E-state index >= 15 is 0 Å². The van der Waals surface area contributed by atoms with E-state index in [1.807, 2.05) is 37.3 Å². The Kier molecular flexibility index (Phi) is 3.67. The number of benzene rings is 1. The minimum Gasteiger partial charge on any atom is -0.544 e. The number of nitrogens with zero attached hydrogens (tertiary/aromatic N) is 3. The number of rotatable bonds is 3. The average Bonchev–Trinajstić information content (AvgIpc) is 2.72. The highest BCUT2D eigenvalue weighted by atomic mass is 16.4. The van der Waals surface area contributed by atoms with Crippen LogP contribution in [0.1, 0.15) is 17.0 Å². The van der Waals surface area contributed by atoms with Gasteiger partial charge in [0.2, 0.25) is 0 Å². The zero-order valence-electron chi connectivity index (χ0n) is 11.1. The Morgan fingerprint density at radius 2 is 2.00 bits per heavy atom. The molecule has 0 spiro atoms. The third kappa shape index (κ3) is 2.45. The summed E-state index contributed by atoms with van der Waals surface area (Å²) in [7, 11) is 0. The number of carboxylic acids is 1. The van der Waals surface area contributed by atoms with Gasteiger partial charge in [0.15, 0.2) is 0 Å². The first-order valence-corrected chi connectivity index (χ1v) is 5.99. The normalized spacial score (nSPS) is 11.2. The third-order valence-electron chi connectivity index (χ3n) is 2.98. The number of carboxylic acid groups (broad SMARTS) is 1. The van der Waals surface area contributed by atoms with Gasteiger partial charge in [0.25, 0.3) is 0 Å². The fourth-order valence-electron chi connectivity index (χ4n) is 1.97. The molecule has 2 rings (SSSR count). The maximum absolute atomic E-state index is 10.8. The number of nitriles is 1. The van der Waals surface area contributed by atoms with Crippen LogP contribution >= 0.6 is 0 Å². The molecule has 1 heterocycles. The van der Waals surface area contributed by atoms with E-state index in [2.05, 4.69) is 5.10 Å². The van der Waals surface area contributed by atoms with Gasteiger partial charge in [-0.15, -0.1) is 0 Å². The van der Waals surface area contributed by atoms with Gasteiger partial charge in [0.1, 0.15) is 6.07 Å². The summed E-state index contributed by atoms with van der Waals surface area (Å²) in [6.45, 7) is 3.59. The Morgan fingerprint density at radius 1 is 1.35 bits per heavy atom. The van der Waals surface area contributed by atoms with Gasteiger partial charge in [-0.1, -0.05) is 18.2 Å². The van der Waals surface area contributed by atoms with Gasteiger partial charge in [-0.05, 0) is 32.1 Å². The van der Waals surface area contributed by atoms with Crippen molar-refractivity contribution >= 4 is 12.0 Å². The van der Waals surface area contributed by atoms with E-state index in [9.17, 15) is 9.90 Å². The molecule has 0 bridgehead atoms. The Bertz CT molecular complexity index is 722. The van der Waals surface area contributed by atoms with Crippen LogP contribution in [0.25, 0.3) is 11.8 Å². The van der Waals surface area contributed by atoms with Crippen LogP contribution in [0, 0.1) is 25.2 Å². The summed E-state index contributed by atoms with van der Waals surface area (Å²) in [4.78, 5) is 10.8. The topological polar surface area (TPSA) is 81.7 Å². The molecule has 0 fully saturated rings. The van der Waals surface area contributed by atoms with Crippen molar-refractivity contribution in [3.8, 4) is 11.8 Å². The van der Waals surface area contributed by atoms with Crippen LogP contribution in [-0.4, -0.2) is 15.7 Å². The highest BCUT2D eigenvalue weighted by Crippen LogP contribution is 2.20. The molecule has 5 nitrogen and oxygen atoms in total. The fourth-order valence-corrected chi connectivity index (χ4v) is 1.97. The second-order valence-corrected chi connectivity index (χ2v) is 4.29. The second kappa shape index (κ2) is 5.41. The van der Waals surface area contributed by atoms with Gasteiger partial charge >= 0.3 is 0 Å². The van der Waals surface area contributed by atoms with Crippen molar-refractivity contribution in [2.24, 2.45) is 0 Å². The van der Waals surface area contributed by atoms with Gasteiger partial charge in [0, 0.05) is 11.3 Å². The lowest BCUT2D eigenvalue weighted by atomic mass is 10.1. The SMILES string of the molecule is Cc1nn(-c2ccccc2)c(C)c1/C=C(\C#N)C(=O)[O-]. The smallest absolute Gasteiger partial charge is 0.101 e. The van der Waals surface area contributed by atoms with Crippen LogP contribution in [0.2, 0.25) is 0 Å². The molecule has 0 amide bonds. The Hall–Kier alpha value is -2.87. The highest BCUT2D eigenvalue weighted by Gasteiger charge is 2.12. The molecule has 0 N–H and O–H groups in total. The van der Waals surface area contributed by atoms with Crippen molar-refractivity contribution in [2.75, 3.05) is 0 Å². The molecule has 0 unspecified atom stereocenters. The zero-order chi connectivity index (χ0) is 14.7. The molecule has 1 aromatic heterocycles. The predicted octanol–water partition coefficient (Wildman–Crippen LogP) is 1.15. The summed E-state index contributed by atoms with van der Waals surface area (Å²) in [6, 6.07) is 11.1. The van der Waals surface area contributed by atoms with E-state index < -0.39 is 11.5 Å². The number of hydrogen-bond acceptors (Lipinski definition) is 4. The lowest BCUT2D eigenvalue weighted by Gasteiger charge is -2.04. The molecule has 5 heteroatoms. The Labute approximate surface area is 116 Å². The first kappa shape index (κ1) is 13.6. The van der Waals surface area contributed by atoms with E-state index in [0.717, 1.165) is 11.4 Å². The summed E-state index contributed by atoms with van der Waals surface area (Å²) in [5.41, 5.74) is 2.50. The third-order valence-corrected chi connectivity index (χ3v) is 2.98. The number of carbonyl (C=O) groups excluding carboxylic acids is 1. The zero-order valence-corrected chi connectivity index (χ0v) is 11.1. The first-order chi connectivity index (χ1) is 9.54. The lowest BCUT2D eigenvalue weighted by molar-refractivity contribution is -0.298. The molecule has 2 aromatic rings. The molecule has 0 saturated heterocycles. The maximum atomic E-state index is 10.8. The monoisotopic (exact) mass is 266 g/mol. The number of para-hydroxylation sites is 1. The van der Waals surface area contributed by atoms with E-state index in [1.165, 1.54) is 6.08 Å². The van der Waals surface area contributed by atoms with Crippen LogP contribution in [0.15, 0.2) is 35.9 Å². The van der Waals surface area contributed by atoms with Gasteiger partial charge in [-0.3, -0.25) is 0 Å². The molecule has 0 atom stereocenters. The first-order valence-electron chi connectivity index (χ1n) is 5.99. The van der Waals surface area contributed by atoms with Crippen molar-refractivity contribution in [1.82, 2.24) is 9.78 Å². The summed E-state index contributed by atoms with van der Waals surface area (Å²) < 4.78 is 1.71. The molecule has 1 aromatic carbocycles. The Balaban J connectivity index is 2.56. The van der Waals surface area contributed by atoms with Gasteiger partial charge in [-0.25, -0.2) is 4.68 Å². The van der Waals surface area contributed by atoms with Crippen LogP contribution in [-0.2, 0) is 4.79 Å². The molecule has 0 aliphatic carbocycles. The minimum absolute atomic E-state index is 0.413. The predicted molar refractivity (Wildman–Crippen MR) is 71.6 cm³/mol.